The Bertz CT molecular complexity index is 1150. The molecule has 5 nitrogen and oxygen atoms in total. The molecule has 0 amide bonds. The normalized spacial score (nSPS) is 15.2. The van der Waals surface area contributed by atoms with Crippen LogP contribution in [0.2, 0.25) is 0 Å². The van der Waals surface area contributed by atoms with E-state index in [1.807, 2.05) is 6.20 Å². The summed E-state index contributed by atoms with van der Waals surface area (Å²) in [7, 11) is 1.74. The number of aromatic nitrogens is 3. The Morgan fingerprint density at radius 1 is 1.03 bits per heavy atom. The van der Waals surface area contributed by atoms with Crippen LogP contribution in [0.5, 0.6) is 0 Å². The summed E-state index contributed by atoms with van der Waals surface area (Å²) >= 11 is 0. The number of hydrogen-bond acceptors (Lipinski definition) is 4. The van der Waals surface area contributed by atoms with Gasteiger partial charge in [-0.05, 0) is 42.0 Å². The molecule has 154 valence electrons. The van der Waals surface area contributed by atoms with E-state index in [1.54, 1.807) is 7.11 Å². The third-order valence-corrected chi connectivity index (χ3v) is 6.07. The number of methoxy groups -OCH3 is 1. The van der Waals surface area contributed by atoms with E-state index in [9.17, 15) is 0 Å². The molecular formula is C25H27N3O2. The molecule has 2 aromatic carbocycles. The second kappa shape index (κ2) is 8.54. The highest BCUT2D eigenvalue weighted by Crippen LogP contribution is 2.31. The molecule has 5 heteroatoms. The third kappa shape index (κ3) is 3.71. The lowest BCUT2D eigenvalue weighted by Gasteiger charge is -2.23. The quantitative estimate of drug-likeness (QED) is 0.463. The molecule has 1 aliphatic heterocycles. The summed E-state index contributed by atoms with van der Waals surface area (Å²) in [5.74, 6) is 1.69. The fourth-order valence-electron chi connectivity index (χ4n) is 4.44. The molecule has 0 atom stereocenters. The van der Waals surface area contributed by atoms with Crippen molar-refractivity contribution in [3.05, 3.63) is 60.6 Å². The summed E-state index contributed by atoms with van der Waals surface area (Å²) in [6, 6.07) is 17.1. The first-order valence-electron chi connectivity index (χ1n) is 10.7. The molecule has 30 heavy (non-hydrogen) atoms. The molecule has 0 radical (unpaired) electrons. The first-order valence-corrected chi connectivity index (χ1v) is 10.7. The van der Waals surface area contributed by atoms with Crippen LogP contribution in [0, 0.1) is 5.92 Å². The molecule has 1 saturated heterocycles. The maximum atomic E-state index is 5.58. The minimum absolute atomic E-state index is 0.609. The van der Waals surface area contributed by atoms with Crippen molar-refractivity contribution >= 4 is 21.9 Å². The molecule has 4 aromatic rings. The van der Waals surface area contributed by atoms with E-state index < -0.39 is 0 Å². The van der Waals surface area contributed by atoms with Crippen LogP contribution >= 0.6 is 0 Å². The maximum absolute atomic E-state index is 5.58. The molecule has 0 unspecified atom stereocenters. The van der Waals surface area contributed by atoms with Crippen molar-refractivity contribution in [2.45, 2.75) is 25.8 Å². The van der Waals surface area contributed by atoms with Gasteiger partial charge in [0.25, 0.3) is 0 Å². The van der Waals surface area contributed by atoms with Gasteiger partial charge >= 0.3 is 0 Å². The Morgan fingerprint density at radius 2 is 1.87 bits per heavy atom. The number of imidazole rings is 1. The Balaban J connectivity index is 1.67. The van der Waals surface area contributed by atoms with E-state index in [2.05, 4.69) is 53.1 Å². The first-order chi connectivity index (χ1) is 14.8. The van der Waals surface area contributed by atoms with Gasteiger partial charge in [-0.3, -0.25) is 4.98 Å². The van der Waals surface area contributed by atoms with Gasteiger partial charge in [-0.25, -0.2) is 4.98 Å². The summed E-state index contributed by atoms with van der Waals surface area (Å²) in [5.41, 5.74) is 5.58. The molecule has 1 aliphatic rings. The topological polar surface area (TPSA) is 49.2 Å². The molecule has 0 aliphatic carbocycles. The Kier molecular flexibility index (Phi) is 5.47. The fraction of sp³-hybridized carbons (Fsp3) is 0.360. The highest BCUT2D eigenvalue weighted by Gasteiger charge is 2.20. The highest BCUT2D eigenvalue weighted by molar-refractivity contribution is 6.04. The number of rotatable bonds is 6. The van der Waals surface area contributed by atoms with Gasteiger partial charge in [0.05, 0.1) is 23.8 Å². The van der Waals surface area contributed by atoms with Crippen LogP contribution in [0.4, 0.5) is 0 Å². The molecule has 3 heterocycles. The first kappa shape index (κ1) is 19.2. The van der Waals surface area contributed by atoms with E-state index in [4.69, 9.17) is 19.4 Å². The number of nitrogens with zero attached hydrogens (tertiary/aromatic N) is 3. The van der Waals surface area contributed by atoms with E-state index in [0.29, 0.717) is 12.5 Å². The predicted octanol–water partition coefficient (Wildman–Crippen LogP) is 4.87. The third-order valence-electron chi connectivity index (χ3n) is 6.07. The minimum Gasteiger partial charge on any atom is -0.384 e. The van der Waals surface area contributed by atoms with Crippen molar-refractivity contribution in [1.82, 2.24) is 14.5 Å². The van der Waals surface area contributed by atoms with Crippen LogP contribution in [0.1, 0.15) is 18.7 Å². The standard InChI is InChI=1S/C25H27N3O2/c1-29-12-11-24-27-23-16-26-22-8-7-20(19-5-3-2-4-6-19)15-21(22)25(23)28(24)17-18-9-13-30-14-10-18/h2-8,15-16,18H,9-14,17H2,1H3. The molecule has 0 spiro atoms. The largest absolute Gasteiger partial charge is 0.384 e. The van der Waals surface area contributed by atoms with Gasteiger partial charge in [0, 0.05) is 38.7 Å². The zero-order chi connectivity index (χ0) is 20.3. The van der Waals surface area contributed by atoms with E-state index in [0.717, 1.165) is 61.3 Å². The summed E-state index contributed by atoms with van der Waals surface area (Å²) in [5, 5.41) is 1.16. The van der Waals surface area contributed by atoms with Crippen LogP contribution in [0.25, 0.3) is 33.1 Å². The van der Waals surface area contributed by atoms with Crippen LogP contribution in [-0.2, 0) is 22.4 Å². The van der Waals surface area contributed by atoms with Crippen LogP contribution in [0.15, 0.2) is 54.7 Å². The highest BCUT2D eigenvalue weighted by atomic mass is 16.5. The maximum Gasteiger partial charge on any atom is 0.112 e. The van der Waals surface area contributed by atoms with Gasteiger partial charge in [-0.2, -0.15) is 0 Å². The number of fused-ring (bicyclic) bond motifs is 3. The zero-order valence-electron chi connectivity index (χ0n) is 17.4. The molecular weight excluding hydrogens is 374 g/mol. The van der Waals surface area contributed by atoms with E-state index >= 15 is 0 Å². The van der Waals surface area contributed by atoms with Crippen molar-refractivity contribution < 1.29 is 9.47 Å². The van der Waals surface area contributed by atoms with Crippen molar-refractivity contribution in [2.75, 3.05) is 26.9 Å². The lowest BCUT2D eigenvalue weighted by molar-refractivity contribution is 0.0612. The summed E-state index contributed by atoms with van der Waals surface area (Å²) in [6.45, 7) is 3.33. The lowest BCUT2D eigenvalue weighted by Crippen LogP contribution is -2.21. The number of ether oxygens (including phenoxy) is 2. The Hall–Kier alpha value is -2.76. The monoisotopic (exact) mass is 401 g/mol. The van der Waals surface area contributed by atoms with Crippen molar-refractivity contribution in [3.63, 3.8) is 0 Å². The van der Waals surface area contributed by atoms with Crippen LogP contribution < -0.4 is 0 Å². The van der Waals surface area contributed by atoms with Gasteiger partial charge in [0.1, 0.15) is 11.3 Å². The molecule has 0 bridgehead atoms. The summed E-state index contributed by atoms with van der Waals surface area (Å²) in [6.07, 6.45) is 4.91. The van der Waals surface area contributed by atoms with Gasteiger partial charge in [-0.1, -0.05) is 36.4 Å². The lowest BCUT2D eigenvalue weighted by atomic mass is 9.99. The molecule has 1 fully saturated rings. The molecule has 5 rings (SSSR count). The average Bonchev–Trinajstić information content (AvgIpc) is 3.16. The zero-order valence-corrected chi connectivity index (χ0v) is 17.4. The Labute approximate surface area is 176 Å². The number of hydrogen-bond donors (Lipinski definition) is 0. The van der Waals surface area contributed by atoms with E-state index in [-0.39, 0.29) is 0 Å². The van der Waals surface area contributed by atoms with E-state index in [1.165, 1.54) is 16.6 Å². The van der Waals surface area contributed by atoms with Crippen molar-refractivity contribution in [1.29, 1.82) is 0 Å². The van der Waals surface area contributed by atoms with Gasteiger partial charge in [0.15, 0.2) is 0 Å². The van der Waals surface area contributed by atoms with Gasteiger partial charge in [-0.15, -0.1) is 0 Å². The SMILES string of the molecule is COCCc1nc2cnc3ccc(-c4ccccc4)cc3c2n1CC1CCOCC1. The second-order valence-electron chi connectivity index (χ2n) is 8.03. The predicted molar refractivity (Wildman–Crippen MR) is 120 cm³/mol. The minimum atomic E-state index is 0.609. The second-order valence-corrected chi connectivity index (χ2v) is 8.03. The smallest absolute Gasteiger partial charge is 0.112 e. The molecule has 2 aromatic heterocycles. The summed E-state index contributed by atoms with van der Waals surface area (Å²) < 4.78 is 13.4. The van der Waals surface area contributed by atoms with Crippen molar-refractivity contribution in [3.8, 4) is 11.1 Å². The van der Waals surface area contributed by atoms with Crippen LogP contribution in [-0.4, -0.2) is 41.5 Å². The van der Waals surface area contributed by atoms with Crippen LogP contribution in [0.3, 0.4) is 0 Å². The van der Waals surface area contributed by atoms with Gasteiger partial charge < -0.3 is 14.0 Å². The molecule has 0 saturated carbocycles. The average molecular weight is 402 g/mol. The molecule has 0 N–H and O–H groups in total. The Morgan fingerprint density at radius 3 is 2.67 bits per heavy atom. The van der Waals surface area contributed by atoms with Crippen molar-refractivity contribution in [2.24, 2.45) is 5.92 Å². The van der Waals surface area contributed by atoms with Gasteiger partial charge in [0.2, 0.25) is 0 Å². The number of pyridine rings is 1. The summed E-state index contributed by atoms with van der Waals surface area (Å²) in [4.78, 5) is 9.66. The fourth-order valence-corrected chi connectivity index (χ4v) is 4.44. The number of benzene rings is 2.